The molecule has 1 aliphatic heterocycles. The van der Waals surface area contributed by atoms with Crippen LogP contribution in [0.1, 0.15) is 47.5 Å². The smallest absolute Gasteiger partial charge is 0.408 e. The van der Waals surface area contributed by atoms with E-state index in [0.29, 0.717) is 25.9 Å². The van der Waals surface area contributed by atoms with E-state index >= 15 is 0 Å². The third-order valence-corrected chi connectivity index (χ3v) is 3.59. The number of hydrogen-bond donors (Lipinski definition) is 1. The zero-order chi connectivity index (χ0) is 16.9. The fraction of sp³-hybridized carbons (Fsp3) is 0.812. The van der Waals surface area contributed by atoms with Crippen LogP contribution in [-0.4, -0.2) is 41.6 Å². The molecule has 0 unspecified atom stereocenters. The maximum absolute atomic E-state index is 12.6. The van der Waals surface area contributed by atoms with Gasteiger partial charge in [-0.2, -0.15) is 5.26 Å². The van der Waals surface area contributed by atoms with Crippen molar-refractivity contribution in [3.63, 3.8) is 0 Å². The maximum atomic E-state index is 12.6. The molecule has 0 aliphatic carbocycles. The van der Waals surface area contributed by atoms with Gasteiger partial charge in [0.25, 0.3) is 0 Å². The van der Waals surface area contributed by atoms with Crippen LogP contribution in [0.5, 0.6) is 0 Å². The van der Waals surface area contributed by atoms with Gasteiger partial charge in [-0.25, -0.2) is 4.79 Å². The summed E-state index contributed by atoms with van der Waals surface area (Å²) in [5.41, 5.74) is -0.597. The summed E-state index contributed by atoms with van der Waals surface area (Å²) in [5.74, 6) is -0.105. The maximum Gasteiger partial charge on any atom is 0.408 e. The molecule has 0 aromatic carbocycles. The minimum Gasteiger partial charge on any atom is -0.444 e. The minimum absolute atomic E-state index is 0.0281. The summed E-state index contributed by atoms with van der Waals surface area (Å²) in [5, 5.41) is 11.6. The van der Waals surface area contributed by atoms with E-state index in [2.05, 4.69) is 11.4 Å². The molecule has 6 heteroatoms. The lowest BCUT2D eigenvalue weighted by atomic mass is 9.96. The number of ether oxygens (including phenoxy) is 1. The first-order chi connectivity index (χ1) is 10.1. The fourth-order valence-corrected chi connectivity index (χ4v) is 2.37. The monoisotopic (exact) mass is 309 g/mol. The molecule has 124 valence electrons. The van der Waals surface area contributed by atoms with Crippen LogP contribution in [0.3, 0.4) is 0 Å². The van der Waals surface area contributed by atoms with Crippen LogP contribution in [0.4, 0.5) is 4.79 Å². The first-order valence-corrected chi connectivity index (χ1v) is 7.82. The number of hydrogen-bond acceptors (Lipinski definition) is 4. The summed E-state index contributed by atoms with van der Waals surface area (Å²) in [4.78, 5) is 26.3. The minimum atomic E-state index is -0.603. The highest BCUT2D eigenvalue weighted by atomic mass is 16.6. The van der Waals surface area contributed by atoms with Gasteiger partial charge in [0, 0.05) is 19.0 Å². The molecule has 0 spiro atoms. The normalized spacial score (nSPS) is 17.8. The van der Waals surface area contributed by atoms with Crippen molar-refractivity contribution in [2.45, 2.75) is 59.1 Å². The number of nitriles is 1. The molecule has 1 N–H and O–H groups in total. The lowest BCUT2D eigenvalue weighted by molar-refractivity contribution is -0.135. The molecule has 0 aromatic heterocycles. The summed E-state index contributed by atoms with van der Waals surface area (Å²) < 4.78 is 5.23. The third-order valence-electron chi connectivity index (χ3n) is 3.59. The van der Waals surface area contributed by atoms with Crippen molar-refractivity contribution in [2.24, 2.45) is 11.8 Å². The Morgan fingerprint density at radius 2 is 1.82 bits per heavy atom. The molecule has 2 amide bonds. The Hall–Kier alpha value is -1.77. The topological polar surface area (TPSA) is 82.4 Å². The number of carbonyl (C=O) groups excluding carboxylic acids is 2. The third kappa shape index (κ3) is 5.55. The molecule has 0 aromatic rings. The predicted molar refractivity (Wildman–Crippen MR) is 82.9 cm³/mol. The highest BCUT2D eigenvalue weighted by Gasteiger charge is 2.32. The first-order valence-electron chi connectivity index (χ1n) is 7.82. The molecule has 0 radical (unpaired) electrons. The summed E-state index contributed by atoms with van der Waals surface area (Å²) in [6.45, 7) is 10.3. The van der Waals surface area contributed by atoms with Gasteiger partial charge >= 0.3 is 6.09 Å². The predicted octanol–water partition coefficient (Wildman–Crippen LogP) is 2.30. The van der Waals surface area contributed by atoms with Crippen LogP contribution in [0.2, 0.25) is 0 Å². The van der Waals surface area contributed by atoms with Gasteiger partial charge in [0.05, 0.1) is 6.07 Å². The molecular formula is C16H27N3O3. The average Bonchev–Trinajstić information content (AvgIpc) is 2.42. The average molecular weight is 309 g/mol. The highest BCUT2D eigenvalue weighted by Crippen LogP contribution is 2.18. The summed E-state index contributed by atoms with van der Waals surface area (Å²) >= 11 is 0. The standard InChI is InChI=1S/C16H27N3O3/c1-11(2)13(18-15(21)22-16(3,4)5)14(20)19-8-6-12(10-17)7-9-19/h11-13H,6-9H2,1-5H3,(H,18,21)/t13-/m0/s1. The number of nitrogens with one attached hydrogen (secondary N) is 1. The van der Waals surface area contributed by atoms with Crippen LogP contribution in [0.15, 0.2) is 0 Å². The quantitative estimate of drug-likeness (QED) is 0.867. The van der Waals surface area contributed by atoms with Crippen molar-refractivity contribution in [1.29, 1.82) is 5.26 Å². The molecular weight excluding hydrogens is 282 g/mol. The second kappa shape index (κ2) is 7.48. The first kappa shape index (κ1) is 18.3. The van der Waals surface area contributed by atoms with E-state index in [1.165, 1.54) is 0 Å². The van der Waals surface area contributed by atoms with E-state index in [1.54, 1.807) is 25.7 Å². The lowest BCUT2D eigenvalue weighted by Crippen LogP contribution is -2.53. The Labute approximate surface area is 132 Å². The van der Waals surface area contributed by atoms with E-state index in [4.69, 9.17) is 10.00 Å². The molecule has 22 heavy (non-hydrogen) atoms. The van der Waals surface area contributed by atoms with Crippen molar-refractivity contribution in [3.05, 3.63) is 0 Å². The van der Waals surface area contributed by atoms with Crippen LogP contribution < -0.4 is 5.32 Å². The molecule has 1 heterocycles. The Bertz CT molecular complexity index is 441. The van der Waals surface area contributed by atoms with Crippen molar-refractivity contribution in [2.75, 3.05) is 13.1 Å². The molecule has 0 saturated carbocycles. The Balaban J connectivity index is 2.65. The zero-order valence-electron chi connectivity index (χ0n) is 14.2. The van der Waals surface area contributed by atoms with E-state index < -0.39 is 17.7 Å². The van der Waals surface area contributed by atoms with Crippen LogP contribution >= 0.6 is 0 Å². The number of alkyl carbamates (subject to hydrolysis) is 1. The van der Waals surface area contributed by atoms with Gasteiger partial charge in [0.15, 0.2) is 0 Å². The summed E-state index contributed by atoms with van der Waals surface area (Å²) in [6.07, 6.45) is 0.811. The van der Waals surface area contributed by atoms with E-state index in [9.17, 15) is 9.59 Å². The van der Waals surface area contributed by atoms with E-state index in [0.717, 1.165) is 0 Å². The molecule has 0 bridgehead atoms. The largest absolute Gasteiger partial charge is 0.444 e. The zero-order valence-corrected chi connectivity index (χ0v) is 14.2. The number of likely N-dealkylation sites (tertiary alicyclic amines) is 1. The van der Waals surface area contributed by atoms with Crippen molar-refractivity contribution in [1.82, 2.24) is 10.2 Å². The van der Waals surface area contributed by atoms with Crippen molar-refractivity contribution in [3.8, 4) is 6.07 Å². The van der Waals surface area contributed by atoms with Crippen LogP contribution in [0.25, 0.3) is 0 Å². The van der Waals surface area contributed by atoms with Crippen LogP contribution in [-0.2, 0) is 9.53 Å². The van der Waals surface area contributed by atoms with Crippen molar-refractivity contribution < 1.29 is 14.3 Å². The highest BCUT2D eigenvalue weighted by molar-refractivity contribution is 5.86. The summed E-state index contributed by atoms with van der Waals surface area (Å²) in [6, 6.07) is 1.64. The second-order valence-electron chi connectivity index (χ2n) is 7.10. The van der Waals surface area contributed by atoms with Gasteiger partial charge in [-0.3, -0.25) is 4.79 Å². The Kier molecular flexibility index (Phi) is 6.21. The van der Waals surface area contributed by atoms with Crippen LogP contribution in [0, 0.1) is 23.2 Å². The number of carbonyl (C=O) groups is 2. The number of piperidine rings is 1. The van der Waals surface area contributed by atoms with Gasteiger partial charge in [-0.1, -0.05) is 13.8 Å². The molecule has 1 fully saturated rings. The summed E-state index contributed by atoms with van der Waals surface area (Å²) in [7, 11) is 0. The molecule has 1 atom stereocenters. The number of nitrogens with zero attached hydrogens (tertiary/aromatic N) is 2. The van der Waals surface area contributed by atoms with Gasteiger partial charge in [-0.05, 0) is 39.5 Å². The van der Waals surface area contributed by atoms with E-state index in [-0.39, 0.29) is 17.7 Å². The number of rotatable bonds is 3. The fourth-order valence-electron chi connectivity index (χ4n) is 2.37. The Morgan fingerprint density at radius 3 is 2.23 bits per heavy atom. The molecule has 1 aliphatic rings. The Morgan fingerprint density at radius 1 is 1.27 bits per heavy atom. The SMILES string of the molecule is CC(C)[C@H](NC(=O)OC(C)(C)C)C(=O)N1CCC(C#N)CC1. The molecule has 6 nitrogen and oxygen atoms in total. The lowest BCUT2D eigenvalue weighted by Gasteiger charge is -2.34. The molecule has 1 rings (SSSR count). The number of amides is 2. The van der Waals surface area contributed by atoms with Gasteiger partial charge < -0.3 is 15.0 Å². The molecule has 1 saturated heterocycles. The van der Waals surface area contributed by atoms with Gasteiger partial charge in [0.2, 0.25) is 5.91 Å². The second-order valence-corrected chi connectivity index (χ2v) is 7.10. The van der Waals surface area contributed by atoms with E-state index in [1.807, 2.05) is 13.8 Å². The van der Waals surface area contributed by atoms with Crippen molar-refractivity contribution >= 4 is 12.0 Å². The van der Waals surface area contributed by atoms with Gasteiger partial charge in [-0.15, -0.1) is 0 Å². The van der Waals surface area contributed by atoms with Gasteiger partial charge in [0.1, 0.15) is 11.6 Å².